The maximum Gasteiger partial charge on any atom is 0.255 e. The van der Waals surface area contributed by atoms with Crippen molar-refractivity contribution in [1.29, 1.82) is 0 Å². The fourth-order valence-corrected chi connectivity index (χ4v) is 1.45. The zero-order valence-electron chi connectivity index (χ0n) is 8.71. The lowest BCUT2D eigenvalue weighted by Crippen LogP contribution is -2.53. The van der Waals surface area contributed by atoms with E-state index in [2.05, 4.69) is 5.32 Å². The molecule has 1 aliphatic heterocycles. The largest absolute Gasteiger partial charge is 0.337 e. The van der Waals surface area contributed by atoms with Crippen LogP contribution in [0, 0.1) is 5.92 Å². The van der Waals surface area contributed by atoms with E-state index in [1.54, 1.807) is 0 Å². The second-order valence-corrected chi connectivity index (χ2v) is 3.53. The van der Waals surface area contributed by atoms with Crippen molar-refractivity contribution in [1.82, 2.24) is 10.2 Å². The van der Waals surface area contributed by atoms with Gasteiger partial charge in [0, 0.05) is 19.6 Å². The van der Waals surface area contributed by atoms with Crippen LogP contribution in [0.2, 0.25) is 0 Å². The van der Waals surface area contributed by atoms with Gasteiger partial charge in [0.25, 0.3) is 6.43 Å². The van der Waals surface area contributed by atoms with Gasteiger partial charge in [-0.2, -0.15) is 0 Å². The normalized spacial score (nSPS) is 15.7. The van der Waals surface area contributed by atoms with Crippen molar-refractivity contribution in [2.24, 2.45) is 5.92 Å². The third kappa shape index (κ3) is 4.30. The minimum Gasteiger partial charge on any atom is -0.337 e. The summed E-state index contributed by atoms with van der Waals surface area (Å²) in [5, 5.41) is 2.96. The SMILES string of the molecule is CCCN(CC(F)F)C(=O)C1CNC1.Cl. The topological polar surface area (TPSA) is 32.3 Å². The van der Waals surface area contributed by atoms with Crippen LogP contribution in [0.1, 0.15) is 13.3 Å². The number of carbonyl (C=O) groups is 1. The van der Waals surface area contributed by atoms with E-state index < -0.39 is 13.0 Å². The van der Waals surface area contributed by atoms with E-state index in [9.17, 15) is 13.6 Å². The Hall–Kier alpha value is -0.420. The molecule has 3 nitrogen and oxygen atoms in total. The molecule has 0 atom stereocenters. The summed E-state index contributed by atoms with van der Waals surface area (Å²) < 4.78 is 24.3. The lowest BCUT2D eigenvalue weighted by atomic mass is 10.0. The van der Waals surface area contributed by atoms with Crippen molar-refractivity contribution in [3.63, 3.8) is 0 Å². The number of rotatable bonds is 5. The highest BCUT2D eigenvalue weighted by atomic mass is 35.5. The number of halogens is 3. The third-order valence-electron chi connectivity index (χ3n) is 2.29. The first-order valence-electron chi connectivity index (χ1n) is 4.92. The van der Waals surface area contributed by atoms with Crippen molar-refractivity contribution in [3.8, 4) is 0 Å². The van der Waals surface area contributed by atoms with Crippen LogP contribution in [0.4, 0.5) is 8.78 Å². The van der Waals surface area contributed by atoms with Gasteiger partial charge in [-0.3, -0.25) is 4.79 Å². The first-order valence-corrected chi connectivity index (χ1v) is 4.92. The average Bonchev–Trinajstić information content (AvgIpc) is 1.99. The molecule has 1 N–H and O–H groups in total. The molecule has 0 aromatic heterocycles. The van der Waals surface area contributed by atoms with Crippen molar-refractivity contribution in [2.75, 3.05) is 26.2 Å². The van der Waals surface area contributed by atoms with Gasteiger partial charge in [-0.15, -0.1) is 12.4 Å². The molecule has 0 saturated carbocycles. The summed E-state index contributed by atoms with van der Waals surface area (Å²) >= 11 is 0. The maximum atomic E-state index is 12.1. The summed E-state index contributed by atoms with van der Waals surface area (Å²) in [6, 6.07) is 0. The molecule has 15 heavy (non-hydrogen) atoms. The summed E-state index contributed by atoms with van der Waals surface area (Å²) in [7, 11) is 0. The monoisotopic (exact) mass is 242 g/mol. The first-order chi connectivity index (χ1) is 6.65. The fourth-order valence-electron chi connectivity index (χ4n) is 1.45. The Balaban J connectivity index is 0.00000196. The quantitative estimate of drug-likeness (QED) is 0.784. The predicted molar refractivity (Wildman–Crippen MR) is 56.5 cm³/mol. The molecule has 1 fully saturated rings. The summed E-state index contributed by atoms with van der Waals surface area (Å²) in [6.07, 6.45) is -1.71. The second-order valence-electron chi connectivity index (χ2n) is 3.53. The molecule has 6 heteroatoms. The predicted octanol–water partition coefficient (Wildman–Crippen LogP) is 1.13. The van der Waals surface area contributed by atoms with Crippen LogP contribution in [0.3, 0.4) is 0 Å². The Bertz CT molecular complexity index is 201. The Morgan fingerprint density at radius 1 is 1.53 bits per heavy atom. The summed E-state index contributed by atoms with van der Waals surface area (Å²) in [4.78, 5) is 12.9. The second kappa shape index (κ2) is 6.95. The Labute approximate surface area is 94.6 Å². The third-order valence-corrected chi connectivity index (χ3v) is 2.29. The van der Waals surface area contributed by atoms with Crippen LogP contribution in [-0.2, 0) is 4.79 Å². The van der Waals surface area contributed by atoms with Crippen molar-refractivity contribution in [3.05, 3.63) is 0 Å². The number of hydrogen-bond acceptors (Lipinski definition) is 2. The zero-order chi connectivity index (χ0) is 10.6. The van der Waals surface area contributed by atoms with Gasteiger partial charge in [0.15, 0.2) is 0 Å². The van der Waals surface area contributed by atoms with Crippen molar-refractivity contribution in [2.45, 2.75) is 19.8 Å². The molecule has 90 valence electrons. The van der Waals surface area contributed by atoms with E-state index in [1.807, 2.05) is 6.92 Å². The minimum absolute atomic E-state index is 0. The van der Waals surface area contributed by atoms with E-state index >= 15 is 0 Å². The van der Waals surface area contributed by atoms with Gasteiger partial charge >= 0.3 is 0 Å². The van der Waals surface area contributed by atoms with E-state index in [0.717, 1.165) is 6.42 Å². The fraction of sp³-hybridized carbons (Fsp3) is 0.889. The standard InChI is InChI=1S/C9H16F2N2O.ClH/c1-2-3-13(6-8(10)11)9(14)7-4-12-5-7;/h7-8,12H,2-6H2,1H3;1H. The van der Waals surface area contributed by atoms with Crippen LogP contribution in [0.25, 0.3) is 0 Å². The average molecular weight is 243 g/mol. The molecule has 0 unspecified atom stereocenters. The van der Waals surface area contributed by atoms with E-state index in [1.165, 1.54) is 4.90 Å². The van der Waals surface area contributed by atoms with Crippen LogP contribution < -0.4 is 5.32 Å². The smallest absolute Gasteiger partial charge is 0.255 e. The molecular weight excluding hydrogens is 226 g/mol. The van der Waals surface area contributed by atoms with Gasteiger partial charge in [-0.1, -0.05) is 6.92 Å². The number of alkyl halides is 2. The zero-order valence-corrected chi connectivity index (χ0v) is 9.53. The lowest BCUT2D eigenvalue weighted by Gasteiger charge is -2.32. The van der Waals surface area contributed by atoms with Crippen molar-refractivity contribution < 1.29 is 13.6 Å². The van der Waals surface area contributed by atoms with Crippen molar-refractivity contribution >= 4 is 18.3 Å². The summed E-state index contributed by atoms with van der Waals surface area (Å²) in [6.45, 7) is 3.14. The highest BCUT2D eigenvalue weighted by Crippen LogP contribution is 2.10. The molecule has 1 rings (SSSR count). The Morgan fingerprint density at radius 2 is 2.13 bits per heavy atom. The Kier molecular flexibility index (Phi) is 6.76. The molecule has 1 aliphatic rings. The van der Waals surface area contributed by atoms with Crippen LogP contribution in [0.15, 0.2) is 0 Å². The number of hydrogen-bond donors (Lipinski definition) is 1. The van der Waals surface area contributed by atoms with Gasteiger partial charge in [0.05, 0.1) is 12.5 Å². The van der Waals surface area contributed by atoms with Crippen LogP contribution >= 0.6 is 12.4 Å². The molecule has 0 aliphatic carbocycles. The van der Waals surface area contributed by atoms with E-state index in [4.69, 9.17) is 0 Å². The minimum atomic E-state index is -2.43. The molecule has 0 aromatic rings. The molecule has 0 bridgehead atoms. The molecular formula is C9H17ClF2N2O. The molecule has 0 radical (unpaired) electrons. The molecule has 1 amide bonds. The van der Waals surface area contributed by atoms with E-state index in [-0.39, 0.29) is 24.2 Å². The van der Waals surface area contributed by atoms with Gasteiger partial charge in [0.1, 0.15) is 0 Å². The molecule has 0 spiro atoms. The maximum absolute atomic E-state index is 12.1. The van der Waals surface area contributed by atoms with E-state index in [0.29, 0.717) is 19.6 Å². The number of nitrogens with zero attached hydrogens (tertiary/aromatic N) is 1. The lowest BCUT2D eigenvalue weighted by molar-refractivity contribution is -0.139. The molecule has 1 heterocycles. The Morgan fingerprint density at radius 3 is 2.47 bits per heavy atom. The van der Waals surface area contributed by atoms with Crippen LogP contribution in [-0.4, -0.2) is 43.4 Å². The van der Waals surface area contributed by atoms with Gasteiger partial charge in [0.2, 0.25) is 5.91 Å². The van der Waals surface area contributed by atoms with Crippen LogP contribution in [0.5, 0.6) is 0 Å². The number of amides is 1. The summed E-state index contributed by atoms with van der Waals surface area (Å²) in [5.41, 5.74) is 0. The number of carbonyl (C=O) groups excluding carboxylic acids is 1. The molecule has 0 aromatic carbocycles. The first kappa shape index (κ1) is 14.6. The van der Waals surface area contributed by atoms with Gasteiger partial charge in [-0.05, 0) is 6.42 Å². The highest BCUT2D eigenvalue weighted by Gasteiger charge is 2.29. The number of nitrogens with one attached hydrogen (secondary N) is 1. The van der Waals surface area contributed by atoms with Gasteiger partial charge in [-0.25, -0.2) is 8.78 Å². The highest BCUT2D eigenvalue weighted by molar-refractivity contribution is 5.85. The summed E-state index contributed by atoms with van der Waals surface area (Å²) in [5.74, 6) is -0.216. The molecule has 1 saturated heterocycles. The van der Waals surface area contributed by atoms with Gasteiger partial charge < -0.3 is 10.2 Å².